The summed E-state index contributed by atoms with van der Waals surface area (Å²) in [6, 6.07) is 16.3. The fourth-order valence-electron chi connectivity index (χ4n) is 3.05. The summed E-state index contributed by atoms with van der Waals surface area (Å²) in [4.78, 5) is 4.18. The summed E-state index contributed by atoms with van der Waals surface area (Å²) in [6.45, 7) is 15.1. The van der Waals surface area contributed by atoms with E-state index in [9.17, 15) is 0 Å². The van der Waals surface area contributed by atoms with Crippen LogP contribution in [0.4, 0.5) is 0 Å². The molecule has 0 bridgehead atoms. The van der Waals surface area contributed by atoms with Gasteiger partial charge in [-0.15, -0.1) is 0 Å². The number of hydrogen-bond acceptors (Lipinski definition) is 1. The first-order valence-electron chi connectivity index (χ1n) is 10.9. The van der Waals surface area contributed by atoms with Gasteiger partial charge in [0.15, 0.2) is 0 Å². The number of rotatable bonds is 2. The molecule has 1 heteroatoms. The maximum atomic E-state index is 4.18. The van der Waals surface area contributed by atoms with Gasteiger partial charge in [0.05, 0.1) is 0 Å². The van der Waals surface area contributed by atoms with E-state index in [1.165, 1.54) is 37.7 Å². The van der Waals surface area contributed by atoms with Crippen LogP contribution >= 0.6 is 0 Å². The molecule has 1 aliphatic carbocycles. The van der Waals surface area contributed by atoms with E-state index < -0.39 is 0 Å². The van der Waals surface area contributed by atoms with Gasteiger partial charge in [-0.1, -0.05) is 116 Å². The number of benzene rings is 1. The number of aryl methyl sites for hydroxylation is 1. The molecule has 0 N–H and O–H groups in total. The summed E-state index contributed by atoms with van der Waals surface area (Å²) in [5, 5.41) is 0. The molecular formula is C26H43N. The first kappa shape index (κ1) is 25.4. The van der Waals surface area contributed by atoms with Gasteiger partial charge in [0.25, 0.3) is 0 Å². The third-order valence-electron chi connectivity index (χ3n) is 4.81. The van der Waals surface area contributed by atoms with Crippen molar-refractivity contribution in [3.05, 3.63) is 66.0 Å². The molecule has 152 valence electrons. The zero-order valence-electron chi connectivity index (χ0n) is 18.9. The highest BCUT2D eigenvalue weighted by Crippen LogP contribution is 2.29. The van der Waals surface area contributed by atoms with Crippen molar-refractivity contribution < 1.29 is 0 Å². The Morgan fingerprint density at radius 3 is 1.63 bits per heavy atom. The lowest BCUT2D eigenvalue weighted by Crippen LogP contribution is -2.12. The summed E-state index contributed by atoms with van der Waals surface area (Å²) >= 11 is 0. The van der Waals surface area contributed by atoms with E-state index >= 15 is 0 Å². The molecule has 0 amide bonds. The van der Waals surface area contributed by atoms with Gasteiger partial charge in [0, 0.05) is 11.9 Å². The monoisotopic (exact) mass is 369 g/mol. The molecule has 0 unspecified atom stereocenters. The maximum absolute atomic E-state index is 4.18. The number of pyridine rings is 1. The molecule has 0 spiro atoms. The van der Waals surface area contributed by atoms with Crippen molar-refractivity contribution >= 4 is 0 Å². The summed E-state index contributed by atoms with van der Waals surface area (Å²) in [5.41, 5.74) is 2.49. The van der Waals surface area contributed by atoms with Crippen LogP contribution in [0.15, 0.2) is 54.7 Å². The minimum absolute atomic E-state index is 0.547. The van der Waals surface area contributed by atoms with Crippen molar-refractivity contribution in [1.29, 1.82) is 0 Å². The predicted octanol–water partition coefficient (Wildman–Crippen LogP) is 8.45. The third-order valence-corrected chi connectivity index (χ3v) is 4.81. The number of nitrogens with zero attached hydrogens (tertiary/aromatic N) is 1. The second-order valence-electron chi connectivity index (χ2n) is 7.71. The Labute approximate surface area is 169 Å². The summed E-state index contributed by atoms with van der Waals surface area (Å²) in [7, 11) is 0. The van der Waals surface area contributed by atoms with Gasteiger partial charge in [0.1, 0.15) is 0 Å². The first-order valence-corrected chi connectivity index (χ1v) is 10.9. The largest absolute Gasteiger partial charge is 0.261 e. The smallest absolute Gasteiger partial charge is 0.0428 e. The Kier molecular flexibility index (Phi) is 15.5. The molecule has 0 aliphatic heterocycles. The third kappa shape index (κ3) is 13.2. The number of hydrogen-bond donors (Lipinski definition) is 0. The van der Waals surface area contributed by atoms with E-state index in [1.54, 1.807) is 0 Å². The summed E-state index contributed by atoms with van der Waals surface area (Å²) < 4.78 is 0. The molecule has 0 radical (unpaired) electrons. The molecule has 27 heavy (non-hydrogen) atoms. The molecule has 0 saturated heterocycles. The highest BCUT2D eigenvalue weighted by molar-refractivity contribution is 5.11. The van der Waals surface area contributed by atoms with Gasteiger partial charge in [-0.25, -0.2) is 0 Å². The summed E-state index contributed by atoms with van der Waals surface area (Å²) in [6.07, 6.45) is 9.29. The van der Waals surface area contributed by atoms with Crippen LogP contribution in [0.25, 0.3) is 0 Å². The van der Waals surface area contributed by atoms with Crippen LogP contribution in [-0.4, -0.2) is 4.98 Å². The lowest BCUT2D eigenvalue weighted by molar-refractivity contribution is 0.279. The Morgan fingerprint density at radius 1 is 0.778 bits per heavy atom. The van der Waals surface area contributed by atoms with Crippen molar-refractivity contribution in [2.75, 3.05) is 0 Å². The van der Waals surface area contributed by atoms with Crippen LogP contribution < -0.4 is 0 Å². The lowest BCUT2D eigenvalue weighted by atomic mass is 9.82. The Hall–Kier alpha value is -1.63. The first-order chi connectivity index (χ1) is 13.0. The molecular weight excluding hydrogens is 326 g/mol. The number of aromatic nitrogens is 1. The molecule has 1 saturated carbocycles. The van der Waals surface area contributed by atoms with E-state index in [4.69, 9.17) is 0 Å². The quantitative estimate of drug-likeness (QED) is 0.517. The van der Waals surface area contributed by atoms with Gasteiger partial charge in [-0.3, -0.25) is 4.98 Å². The van der Waals surface area contributed by atoms with Gasteiger partial charge >= 0.3 is 0 Å². The van der Waals surface area contributed by atoms with E-state index in [0.29, 0.717) is 5.92 Å². The molecule has 1 aromatic carbocycles. The van der Waals surface area contributed by atoms with E-state index in [-0.39, 0.29) is 0 Å². The van der Waals surface area contributed by atoms with E-state index in [0.717, 1.165) is 17.5 Å². The second kappa shape index (κ2) is 16.5. The summed E-state index contributed by atoms with van der Waals surface area (Å²) in [5.74, 6) is 2.54. The van der Waals surface area contributed by atoms with Gasteiger partial charge in [-0.2, -0.15) is 0 Å². The second-order valence-corrected chi connectivity index (χ2v) is 7.71. The molecule has 1 heterocycles. The fraction of sp³-hybridized carbons (Fsp3) is 0.577. The van der Waals surface area contributed by atoms with Crippen LogP contribution in [0.1, 0.15) is 90.8 Å². The topological polar surface area (TPSA) is 12.9 Å². The average Bonchev–Trinajstić information content (AvgIpc) is 2.72. The molecule has 1 fully saturated rings. The van der Waals surface area contributed by atoms with Gasteiger partial charge in [-0.05, 0) is 36.8 Å². The van der Waals surface area contributed by atoms with Crippen molar-refractivity contribution in [2.24, 2.45) is 11.8 Å². The van der Waals surface area contributed by atoms with Crippen LogP contribution in [-0.2, 0) is 0 Å². The van der Waals surface area contributed by atoms with Crippen molar-refractivity contribution in [3.8, 4) is 0 Å². The van der Waals surface area contributed by atoms with E-state index in [1.807, 2.05) is 56.4 Å². The standard InChI is InChI=1S/C9H18.C8H11N.C7H8.C2H6/c1-8(2)9-6-4-3-5-7-9;1-7(2)8-5-3-4-6-9-8;1-7-5-3-2-4-6-7;1-2/h8-9H,3-7H2,1-2H3;3-7H,1-2H3;2-6H,1H3;1-2H3. The van der Waals surface area contributed by atoms with Crippen molar-refractivity contribution in [3.63, 3.8) is 0 Å². The maximum Gasteiger partial charge on any atom is 0.0428 e. The Morgan fingerprint density at radius 2 is 1.33 bits per heavy atom. The SMILES string of the molecule is CC.CC(C)C1CCCCC1.CC(C)c1ccccn1.Cc1ccccc1. The highest BCUT2D eigenvalue weighted by Gasteiger charge is 2.15. The van der Waals surface area contributed by atoms with E-state index in [2.05, 4.69) is 51.7 Å². The van der Waals surface area contributed by atoms with Crippen LogP contribution in [0.5, 0.6) is 0 Å². The minimum Gasteiger partial charge on any atom is -0.261 e. The highest BCUT2D eigenvalue weighted by atomic mass is 14.7. The molecule has 1 nitrogen and oxygen atoms in total. The van der Waals surface area contributed by atoms with Crippen LogP contribution in [0.2, 0.25) is 0 Å². The minimum atomic E-state index is 0.547. The normalized spacial score (nSPS) is 13.5. The zero-order chi connectivity index (χ0) is 20.5. The molecule has 2 aromatic rings. The molecule has 1 aliphatic rings. The predicted molar refractivity (Wildman–Crippen MR) is 122 cm³/mol. The molecule has 0 atom stereocenters. The van der Waals surface area contributed by atoms with Gasteiger partial charge in [0.2, 0.25) is 0 Å². The van der Waals surface area contributed by atoms with Crippen LogP contribution in [0.3, 0.4) is 0 Å². The zero-order valence-corrected chi connectivity index (χ0v) is 18.9. The molecule has 3 rings (SSSR count). The average molecular weight is 370 g/mol. The Balaban J connectivity index is 0.000000361. The van der Waals surface area contributed by atoms with Crippen molar-refractivity contribution in [2.45, 2.75) is 86.5 Å². The molecule has 1 aromatic heterocycles. The van der Waals surface area contributed by atoms with Gasteiger partial charge < -0.3 is 0 Å². The van der Waals surface area contributed by atoms with Crippen LogP contribution in [0, 0.1) is 18.8 Å². The Bertz CT molecular complexity index is 525. The lowest BCUT2D eigenvalue weighted by Gasteiger charge is -2.24. The van der Waals surface area contributed by atoms with Crippen molar-refractivity contribution in [1.82, 2.24) is 4.98 Å². The fourth-order valence-corrected chi connectivity index (χ4v) is 3.05.